The lowest BCUT2D eigenvalue weighted by Crippen LogP contribution is -2.07. The lowest BCUT2D eigenvalue weighted by atomic mass is 9.97. The molecule has 0 unspecified atom stereocenters. The van der Waals surface area contributed by atoms with Crippen LogP contribution in [0.3, 0.4) is 0 Å². The predicted octanol–water partition coefficient (Wildman–Crippen LogP) is 2.79. The van der Waals surface area contributed by atoms with Crippen molar-refractivity contribution in [3.05, 3.63) is 78.1 Å². The second-order valence-electron chi connectivity index (χ2n) is 4.45. The van der Waals surface area contributed by atoms with Crippen molar-refractivity contribution in [1.82, 2.24) is 4.98 Å². The molecule has 19 heavy (non-hydrogen) atoms. The molecular formula is C16H17NO2. The van der Waals surface area contributed by atoms with E-state index in [9.17, 15) is 10.2 Å². The molecule has 0 saturated heterocycles. The van der Waals surface area contributed by atoms with Crippen LogP contribution < -0.4 is 0 Å². The summed E-state index contributed by atoms with van der Waals surface area (Å²) < 4.78 is 0. The normalized spacial score (nSPS) is 13.8. The Labute approximate surface area is 112 Å². The first-order valence-corrected chi connectivity index (χ1v) is 6.18. The van der Waals surface area contributed by atoms with Crippen LogP contribution in [0.1, 0.15) is 29.9 Å². The quantitative estimate of drug-likeness (QED) is 0.808. The van der Waals surface area contributed by atoms with E-state index in [0.717, 1.165) is 5.56 Å². The van der Waals surface area contributed by atoms with Crippen molar-refractivity contribution in [3.8, 4) is 0 Å². The molecule has 2 N–H and O–H groups in total. The number of pyridine rings is 1. The molecule has 1 heterocycles. The SMILES string of the molecule is C=C(C[C@@H](O)c1ccccn1)[C@H](O)c1ccccc1. The van der Waals surface area contributed by atoms with Gasteiger partial charge in [0, 0.05) is 12.6 Å². The van der Waals surface area contributed by atoms with Crippen LogP contribution in [0.5, 0.6) is 0 Å². The predicted molar refractivity (Wildman–Crippen MR) is 74.4 cm³/mol. The number of aliphatic hydroxyl groups excluding tert-OH is 2. The topological polar surface area (TPSA) is 53.4 Å². The molecule has 3 heteroatoms. The van der Waals surface area contributed by atoms with Gasteiger partial charge in [-0.05, 0) is 23.3 Å². The van der Waals surface area contributed by atoms with Crippen LogP contribution >= 0.6 is 0 Å². The lowest BCUT2D eigenvalue weighted by Gasteiger charge is -2.17. The van der Waals surface area contributed by atoms with E-state index >= 15 is 0 Å². The molecule has 0 aliphatic carbocycles. The largest absolute Gasteiger partial charge is 0.386 e. The van der Waals surface area contributed by atoms with Gasteiger partial charge in [0.2, 0.25) is 0 Å². The fourth-order valence-corrected chi connectivity index (χ4v) is 1.91. The van der Waals surface area contributed by atoms with Crippen LogP contribution in [0, 0.1) is 0 Å². The molecule has 0 spiro atoms. The first kappa shape index (κ1) is 13.5. The van der Waals surface area contributed by atoms with Crippen molar-refractivity contribution in [3.63, 3.8) is 0 Å². The minimum absolute atomic E-state index is 0.285. The maximum absolute atomic E-state index is 10.2. The highest BCUT2D eigenvalue weighted by Crippen LogP contribution is 2.27. The summed E-state index contributed by atoms with van der Waals surface area (Å²) in [5, 5.41) is 20.2. The number of benzene rings is 1. The summed E-state index contributed by atoms with van der Waals surface area (Å²) >= 11 is 0. The van der Waals surface area contributed by atoms with Crippen molar-refractivity contribution >= 4 is 0 Å². The zero-order chi connectivity index (χ0) is 13.7. The Morgan fingerprint density at radius 1 is 1.05 bits per heavy atom. The number of aliphatic hydroxyl groups is 2. The van der Waals surface area contributed by atoms with Gasteiger partial charge in [-0.2, -0.15) is 0 Å². The average molecular weight is 255 g/mol. The highest BCUT2D eigenvalue weighted by atomic mass is 16.3. The van der Waals surface area contributed by atoms with Gasteiger partial charge < -0.3 is 10.2 Å². The average Bonchev–Trinajstić information content (AvgIpc) is 2.48. The number of nitrogens with zero attached hydrogens (tertiary/aromatic N) is 1. The summed E-state index contributed by atoms with van der Waals surface area (Å²) in [5.74, 6) is 0. The van der Waals surface area contributed by atoms with Crippen molar-refractivity contribution in [2.75, 3.05) is 0 Å². The third kappa shape index (κ3) is 3.50. The monoisotopic (exact) mass is 255 g/mol. The molecule has 0 fully saturated rings. The fourth-order valence-electron chi connectivity index (χ4n) is 1.91. The third-order valence-corrected chi connectivity index (χ3v) is 2.99. The molecule has 0 radical (unpaired) electrons. The number of aromatic nitrogens is 1. The van der Waals surface area contributed by atoms with Crippen LogP contribution in [-0.4, -0.2) is 15.2 Å². The molecule has 0 aliphatic rings. The number of hydrogen-bond acceptors (Lipinski definition) is 3. The Bertz CT molecular complexity index is 525. The second-order valence-corrected chi connectivity index (χ2v) is 4.45. The first-order chi connectivity index (χ1) is 9.18. The zero-order valence-corrected chi connectivity index (χ0v) is 10.6. The Balaban J connectivity index is 2.02. The summed E-state index contributed by atoms with van der Waals surface area (Å²) in [7, 11) is 0. The summed E-state index contributed by atoms with van der Waals surface area (Å²) in [4.78, 5) is 4.09. The van der Waals surface area contributed by atoms with Gasteiger partial charge in [0.05, 0.1) is 17.9 Å². The van der Waals surface area contributed by atoms with E-state index < -0.39 is 12.2 Å². The molecule has 2 aromatic rings. The molecular weight excluding hydrogens is 238 g/mol. The molecule has 2 rings (SSSR count). The summed E-state index contributed by atoms with van der Waals surface area (Å²) in [6.07, 6.45) is 0.411. The van der Waals surface area contributed by atoms with Gasteiger partial charge in [0.1, 0.15) is 0 Å². The first-order valence-electron chi connectivity index (χ1n) is 6.18. The van der Waals surface area contributed by atoms with Crippen molar-refractivity contribution in [2.24, 2.45) is 0 Å². The molecule has 0 saturated carbocycles. The van der Waals surface area contributed by atoms with Crippen LogP contribution in [0.2, 0.25) is 0 Å². The summed E-state index contributed by atoms with van der Waals surface area (Å²) in [5.41, 5.74) is 1.94. The number of rotatable bonds is 5. The summed E-state index contributed by atoms with van der Waals surface area (Å²) in [6, 6.07) is 14.7. The molecule has 1 aromatic carbocycles. The Kier molecular flexibility index (Phi) is 4.44. The molecule has 0 aliphatic heterocycles. The van der Waals surface area contributed by atoms with Gasteiger partial charge in [0.15, 0.2) is 0 Å². The molecule has 3 nitrogen and oxygen atoms in total. The molecule has 0 bridgehead atoms. The van der Waals surface area contributed by atoms with Crippen LogP contribution in [0.15, 0.2) is 66.9 Å². The third-order valence-electron chi connectivity index (χ3n) is 2.99. The van der Waals surface area contributed by atoms with Crippen molar-refractivity contribution in [2.45, 2.75) is 18.6 Å². The fraction of sp³-hybridized carbons (Fsp3) is 0.188. The minimum atomic E-state index is -0.764. The van der Waals surface area contributed by atoms with Crippen LogP contribution in [-0.2, 0) is 0 Å². The lowest BCUT2D eigenvalue weighted by molar-refractivity contribution is 0.151. The van der Waals surface area contributed by atoms with E-state index in [1.807, 2.05) is 36.4 Å². The highest BCUT2D eigenvalue weighted by molar-refractivity contribution is 5.25. The van der Waals surface area contributed by atoms with Gasteiger partial charge in [0.25, 0.3) is 0 Å². The van der Waals surface area contributed by atoms with Gasteiger partial charge in [-0.3, -0.25) is 4.98 Å². The van der Waals surface area contributed by atoms with E-state index in [0.29, 0.717) is 11.3 Å². The Morgan fingerprint density at radius 3 is 2.37 bits per heavy atom. The Morgan fingerprint density at radius 2 is 1.74 bits per heavy atom. The van der Waals surface area contributed by atoms with Gasteiger partial charge in [-0.25, -0.2) is 0 Å². The second kappa shape index (κ2) is 6.27. The van der Waals surface area contributed by atoms with E-state index in [1.54, 1.807) is 18.3 Å². The van der Waals surface area contributed by atoms with Gasteiger partial charge in [-0.1, -0.05) is 43.0 Å². The van der Waals surface area contributed by atoms with Gasteiger partial charge >= 0.3 is 0 Å². The molecule has 1 aromatic heterocycles. The van der Waals surface area contributed by atoms with Crippen molar-refractivity contribution < 1.29 is 10.2 Å². The van der Waals surface area contributed by atoms with Crippen molar-refractivity contribution in [1.29, 1.82) is 0 Å². The van der Waals surface area contributed by atoms with E-state index in [2.05, 4.69) is 11.6 Å². The molecule has 0 amide bonds. The van der Waals surface area contributed by atoms with Crippen LogP contribution in [0.25, 0.3) is 0 Å². The number of hydrogen-bond donors (Lipinski definition) is 2. The van der Waals surface area contributed by atoms with Gasteiger partial charge in [-0.15, -0.1) is 0 Å². The molecule has 98 valence electrons. The zero-order valence-electron chi connectivity index (χ0n) is 10.6. The van der Waals surface area contributed by atoms with E-state index in [-0.39, 0.29) is 6.42 Å². The van der Waals surface area contributed by atoms with E-state index in [4.69, 9.17) is 0 Å². The smallest absolute Gasteiger partial charge is 0.0999 e. The van der Waals surface area contributed by atoms with Crippen LogP contribution in [0.4, 0.5) is 0 Å². The maximum Gasteiger partial charge on any atom is 0.0999 e. The molecule has 2 atom stereocenters. The minimum Gasteiger partial charge on any atom is -0.386 e. The summed E-state index contributed by atoms with van der Waals surface area (Å²) in [6.45, 7) is 3.86. The Hall–Kier alpha value is -1.97. The van der Waals surface area contributed by atoms with E-state index in [1.165, 1.54) is 0 Å². The standard InChI is InChI=1S/C16H17NO2/c1-12(16(19)13-7-3-2-4-8-13)11-15(18)14-9-5-6-10-17-14/h2-10,15-16,18-19H,1,11H2/t15-,16+/m1/s1. The maximum atomic E-state index is 10.2. The highest BCUT2D eigenvalue weighted by Gasteiger charge is 2.16.